The van der Waals surface area contributed by atoms with E-state index >= 15 is 0 Å². The summed E-state index contributed by atoms with van der Waals surface area (Å²) in [6.07, 6.45) is 1.81. The second kappa shape index (κ2) is 6.29. The second-order valence-electron chi connectivity index (χ2n) is 5.90. The summed E-state index contributed by atoms with van der Waals surface area (Å²) in [6.45, 7) is 3.84. The van der Waals surface area contributed by atoms with Crippen LogP contribution >= 0.6 is 11.8 Å². The Hall–Kier alpha value is -2.73. The summed E-state index contributed by atoms with van der Waals surface area (Å²) in [5, 5.41) is 1.93. The zero-order valence-electron chi connectivity index (χ0n) is 13.9. The number of fused-ring (bicyclic) bond motifs is 2. The molecule has 0 N–H and O–H groups in total. The largest absolute Gasteiger partial charge is 0.269 e. The fourth-order valence-electron chi connectivity index (χ4n) is 2.74. The van der Waals surface area contributed by atoms with Crippen LogP contribution in [0.2, 0.25) is 0 Å². The normalized spacial score (nSPS) is 11.3. The molecule has 5 nitrogen and oxygen atoms in total. The van der Waals surface area contributed by atoms with Crippen molar-refractivity contribution in [2.75, 3.05) is 0 Å². The van der Waals surface area contributed by atoms with E-state index in [2.05, 4.69) is 15.0 Å². The third kappa shape index (κ3) is 3.13. The summed E-state index contributed by atoms with van der Waals surface area (Å²) in [4.78, 5) is 25.9. The maximum Gasteiger partial charge on any atom is 0.258 e. The summed E-state index contributed by atoms with van der Waals surface area (Å²) in [5.74, 6) is 1.32. The van der Waals surface area contributed by atoms with Crippen LogP contribution in [0.1, 0.15) is 17.1 Å². The van der Waals surface area contributed by atoms with Crippen LogP contribution in [0.3, 0.4) is 0 Å². The number of pyridine rings is 1. The molecule has 0 fully saturated rings. The first-order valence-corrected chi connectivity index (χ1v) is 8.94. The lowest BCUT2D eigenvalue weighted by Crippen LogP contribution is -2.15. The Balaban J connectivity index is 1.69. The van der Waals surface area contributed by atoms with Gasteiger partial charge in [-0.15, -0.1) is 0 Å². The minimum Gasteiger partial charge on any atom is -0.269 e. The molecule has 4 aromatic rings. The summed E-state index contributed by atoms with van der Waals surface area (Å²) in [5.41, 5.74) is 3.31. The molecule has 0 spiro atoms. The average molecular weight is 348 g/mol. The number of thioether (sulfide) groups is 1. The molecule has 0 saturated heterocycles. The molecule has 6 heteroatoms. The number of aryl methyl sites for hydroxylation is 2. The van der Waals surface area contributed by atoms with E-state index in [4.69, 9.17) is 0 Å². The quantitative estimate of drug-likeness (QED) is 0.419. The van der Waals surface area contributed by atoms with Gasteiger partial charge in [-0.1, -0.05) is 36.0 Å². The first-order valence-electron chi connectivity index (χ1n) is 7.95. The zero-order valence-corrected chi connectivity index (χ0v) is 14.7. The smallest absolute Gasteiger partial charge is 0.258 e. The van der Waals surface area contributed by atoms with Gasteiger partial charge in [-0.05, 0) is 31.5 Å². The third-order valence-corrected chi connectivity index (χ3v) is 4.92. The van der Waals surface area contributed by atoms with E-state index in [1.165, 1.54) is 0 Å². The van der Waals surface area contributed by atoms with Crippen molar-refractivity contribution >= 4 is 28.3 Å². The molecule has 25 heavy (non-hydrogen) atoms. The van der Waals surface area contributed by atoms with Crippen molar-refractivity contribution in [1.82, 2.24) is 19.4 Å². The van der Waals surface area contributed by atoms with Gasteiger partial charge in [-0.3, -0.25) is 9.20 Å². The lowest BCUT2D eigenvalue weighted by molar-refractivity contribution is 0.993. The molecule has 0 unspecified atom stereocenters. The lowest BCUT2D eigenvalue weighted by atomic mass is 10.2. The average Bonchev–Trinajstić information content (AvgIpc) is 2.60. The molecule has 0 radical (unpaired) electrons. The van der Waals surface area contributed by atoms with Crippen molar-refractivity contribution in [1.29, 1.82) is 0 Å². The molecule has 124 valence electrons. The molecule has 0 aliphatic heterocycles. The van der Waals surface area contributed by atoms with E-state index in [-0.39, 0.29) is 5.56 Å². The first-order chi connectivity index (χ1) is 12.1. The maximum absolute atomic E-state index is 12.3. The number of aromatic nitrogens is 4. The van der Waals surface area contributed by atoms with Gasteiger partial charge >= 0.3 is 0 Å². The van der Waals surface area contributed by atoms with Crippen LogP contribution in [0.5, 0.6) is 0 Å². The molecule has 3 aromatic heterocycles. The predicted molar refractivity (Wildman–Crippen MR) is 100 cm³/mol. The van der Waals surface area contributed by atoms with Crippen molar-refractivity contribution in [3.63, 3.8) is 0 Å². The molecule has 0 atom stereocenters. The van der Waals surface area contributed by atoms with Gasteiger partial charge in [0.25, 0.3) is 5.56 Å². The van der Waals surface area contributed by atoms with Crippen molar-refractivity contribution < 1.29 is 0 Å². The predicted octanol–water partition coefficient (Wildman–Crippen LogP) is 3.55. The Morgan fingerprint density at radius 2 is 1.88 bits per heavy atom. The van der Waals surface area contributed by atoms with Gasteiger partial charge in [0.15, 0.2) is 0 Å². The number of para-hydroxylation sites is 1. The zero-order chi connectivity index (χ0) is 17.4. The van der Waals surface area contributed by atoms with Crippen LogP contribution in [0.15, 0.2) is 58.5 Å². The Bertz CT molecular complexity index is 1150. The van der Waals surface area contributed by atoms with Crippen molar-refractivity contribution in [3.05, 3.63) is 76.1 Å². The minimum atomic E-state index is -0.0620. The lowest BCUT2D eigenvalue weighted by Gasteiger charge is -2.07. The van der Waals surface area contributed by atoms with Crippen LogP contribution in [-0.4, -0.2) is 19.4 Å². The fraction of sp³-hybridized carbons (Fsp3) is 0.158. The van der Waals surface area contributed by atoms with Crippen LogP contribution in [0.4, 0.5) is 0 Å². The van der Waals surface area contributed by atoms with Gasteiger partial charge in [0.1, 0.15) is 16.5 Å². The highest BCUT2D eigenvalue weighted by Gasteiger charge is 2.08. The van der Waals surface area contributed by atoms with Crippen molar-refractivity contribution in [2.45, 2.75) is 24.6 Å². The second-order valence-corrected chi connectivity index (χ2v) is 6.87. The number of benzene rings is 1. The molecule has 0 aliphatic rings. The van der Waals surface area contributed by atoms with E-state index in [0.717, 1.165) is 33.0 Å². The van der Waals surface area contributed by atoms with E-state index in [1.54, 1.807) is 22.2 Å². The maximum atomic E-state index is 12.3. The first kappa shape index (κ1) is 15.8. The van der Waals surface area contributed by atoms with Gasteiger partial charge < -0.3 is 0 Å². The van der Waals surface area contributed by atoms with Gasteiger partial charge in [-0.25, -0.2) is 15.0 Å². The van der Waals surface area contributed by atoms with E-state index in [9.17, 15) is 4.79 Å². The number of hydrogen-bond acceptors (Lipinski definition) is 5. The van der Waals surface area contributed by atoms with Crippen LogP contribution in [0.25, 0.3) is 16.6 Å². The van der Waals surface area contributed by atoms with Crippen molar-refractivity contribution in [2.24, 2.45) is 0 Å². The van der Waals surface area contributed by atoms with Crippen LogP contribution in [0, 0.1) is 13.8 Å². The fourth-order valence-corrected chi connectivity index (χ4v) is 3.70. The molecule has 0 aliphatic carbocycles. The summed E-state index contributed by atoms with van der Waals surface area (Å²) in [7, 11) is 0. The van der Waals surface area contributed by atoms with E-state index in [1.807, 2.05) is 56.4 Å². The monoisotopic (exact) mass is 348 g/mol. The molecular formula is C19H16N4OS. The molecule has 0 saturated carbocycles. The Kier molecular flexibility index (Phi) is 3.97. The summed E-state index contributed by atoms with van der Waals surface area (Å²) in [6, 6.07) is 13.4. The summed E-state index contributed by atoms with van der Waals surface area (Å²) < 4.78 is 1.58. The highest BCUT2D eigenvalue weighted by Crippen LogP contribution is 2.27. The highest BCUT2D eigenvalue weighted by molar-refractivity contribution is 7.98. The van der Waals surface area contributed by atoms with E-state index < -0.39 is 0 Å². The number of nitrogens with zero attached hydrogens (tertiary/aromatic N) is 4. The van der Waals surface area contributed by atoms with Crippen LogP contribution < -0.4 is 5.56 Å². The highest BCUT2D eigenvalue weighted by atomic mass is 32.2. The number of hydrogen-bond donors (Lipinski definition) is 0. The van der Waals surface area contributed by atoms with Gasteiger partial charge in [-0.2, -0.15) is 0 Å². The van der Waals surface area contributed by atoms with Gasteiger partial charge in [0.05, 0.1) is 11.2 Å². The van der Waals surface area contributed by atoms with Crippen molar-refractivity contribution in [3.8, 4) is 0 Å². The number of rotatable bonds is 3. The molecule has 3 heterocycles. The van der Waals surface area contributed by atoms with Gasteiger partial charge in [0, 0.05) is 23.4 Å². The Morgan fingerprint density at radius 1 is 1.04 bits per heavy atom. The summed E-state index contributed by atoms with van der Waals surface area (Å²) >= 11 is 1.58. The van der Waals surface area contributed by atoms with E-state index in [0.29, 0.717) is 11.4 Å². The standard InChI is InChI=1S/C19H16N4OS/c1-12-7-8-17-22-14(9-18(24)23(17)10-12)11-25-19-15-5-3-4-6-16(15)20-13(2)21-19/h3-10H,11H2,1-2H3. The SMILES string of the molecule is Cc1ccc2nc(CSc3nc(C)nc4ccccc34)cc(=O)n2c1. The molecule has 0 amide bonds. The van der Waals surface area contributed by atoms with Gasteiger partial charge in [0.2, 0.25) is 0 Å². The Morgan fingerprint density at radius 3 is 2.76 bits per heavy atom. The molecule has 4 rings (SSSR count). The van der Waals surface area contributed by atoms with Crippen LogP contribution in [-0.2, 0) is 5.75 Å². The Labute approximate surface area is 148 Å². The minimum absolute atomic E-state index is 0.0620. The molecule has 0 bridgehead atoms. The third-order valence-electron chi connectivity index (χ3n) is 3.90. The molecule has 1 aromatic carbocycles. The molecular weight excluding hydrogens is 332 g/mol. The topological polar surface area (TPSA) is 60.2 Å².